The number of pyridine rings is 1. The van der Waals surface area contributed by atoms with Gasteiger partial charge in [-0.3, -0.25) is 14.3 Å². The van der Waals surface area contributed by atoms with Gasteiger partial charge >= 0.3 is 6.18 Å². The van der Waals surface area contributed by atoms with Crippen molar-refractivity contribution in [2.75, 3.05) is 38.2 Å². The van der Waals surface area contributed by atoms with Gasteiger partial charge in [-0.05, 0) is 17.5 Å². The normalized spacial score (nSPS) is 14.7. The summed E-state index contributed by atoms with van der Waals surface area (Å²) in [6.45, 7) is 2.60. The molecule has 4 aromatic rings. The lowest BCUT2D eigenvalue weighted by atomic mass is 10.1. The molecule has 0 spiro atoms. The van der Waals surface area contributed by atoms with Gasteiger partial charge < -0.3 is 10.1 Å². The molecule has 1 fully saturated rings. The summed E-state index contributed by atoms with van der Waals surface area (Å²) in [7, 11) is 3.09. The molecule has 176 valence electrons. The number of nitrogens with zero attached hydrogens (tertiary/aromatic N) is 4. The molecule has 1 aliphatic heterocycles. The molecule has 0 aliphatic carbocycles. The Morgan fingerprint density at radius 1 is 1.09 bits per heavy atom. The summed E-state index contributed by atoms with van der Waals surface area (Å²) < 4.78 is 51.3. The van der Waals surface area contributed by atoms with Crippen molar-refractivity contribution in [3.8, 4) is 11.4 Å². The van der Waals surface area contributed by atoms with E-state index in [0.29, 0.717) is 47.3 Å². The predicted molar refractivity (Wildman–Crippen MR) is 123 cm³/mol. The fourth-order valence-electron chi connectivity index (χ4n) is 4.62. The molecule has 0 saturated carbocycles. The van der Waals surface area contributed by atoms with Gasteiger partial charge in [-0.25, -0.2) is 4.57 Å². The molecule has 0 unspecified atom stereocenters. The highest BCUT2D eigenvalue weighted by Crippen LogP contribution is 2.38. The Morgan fingerprint density at radius 2 is 1.82 bits per heavy atom. The van der Waals surface area contributed by atoms with Crippen molar-refractivity contribution in [1.82, 2.24) is 14.9 Å². The molecule has 34 heavy (non-hydrogen) atoms. The minimum absolute atomic E-state index is 0.0328. The van der Waals surface area contributed by atoms with E-state index in [1.165, 1.54) is 13.4 Å². The molecule has 3 heterocycles. The van der Waals surface area contributed by atoms with E-state index >= 15 is 0 Å². The van der Waals surface area contributed by atoms with E-state index in [1.807, 2.05) is 4.90 Å². The van der Waals surface area contributed by atoms with Crippen molar-refractivity contribution in [2.45, 2.75) is 6.18 Å². The minimum Gasteiger partial charge on any atom is -0.495 e. The average molecular weight is 470 g/mol. The summed E-state index contributed by atoms with van der Waals surface area (Å²) in [5.74, 6) is 0.695. The second kappa shape index (κ2) is 8.28. The maximum Gasteiger partial charge on any atom is 0.431 e. The van der Waals surface area contributed by atoms with Gasteiger partial charge in [0.05, 0.1) is 38.3 Å². The number of rotatable bonds is 3. The van der Waals surface area contributed by atoms with Crippen molar-refractivity contribution >= 4 is 27.5 Å². The van der Waals surface area contributed by atoms with Crippen LogP contribution in [0.4, 0.5) is 19.0 Å². The van der Waals surface area contributed by atoms with E-state index < -0.39 is 17.4 Å². The first-order chi connectivity index (χ1) is 16.3. The Hall–Kier alpha value is -3.66. The molecular formula is C24H23F3N5O2+. The van der Waals surface area contributed by atoms with Crippen LogP contribution < -0.4 is 25.1 Å². The SMILES string of the molecule is COc1ccc2ccccc2c1-n1c(C(F)(F)F)cc2c(N3CCNCC3)[n+](C)cnc2c1=O. The molecule has 10 heteroatoms. The zero-order valence-electron chi connectivity index (χ0n) is 18.7. The van der Waals surface area contributed by atoms with Crippen molar-refractivity contribution in [2.24, 2.45) is 7.05 Å². The van der Waals surface area contributed by atoms with E-state index in [2.05, 4.69) is 10.3 Å². The van der Waals surface area contributed by atoms with Gasteiger partial charge in [0.25, 0.3) is 5.56 Å². The minimum atomic E-state index is -4.80. The van der Waals surface area contributed by atoms with Crippen LogP contribution in [0.15, 0.2) is 53.6 Å². The van der Waals surface area contributed by atoms with Crippen molar-refractivity contribution in [3.63, 3.8) is 0 Å². The number of hydrogen-bond donors (Lipinski definition) is 1. The number of piperazine rings is 1. The number of hydrogen-bond acceptors (Lipinski definition) is 5. The van der Waals surface area contributed by atoms with E-state index in [9.17, 15) is 18.0 Å². The molecule has 1 saturated heterocycles. The molecule has 2 aromatic carbocycles. The van der Waals surface area contributed by atoms with Crippen LogP contribution in [0.25, 0.3) is 27.4 Å². The van der Waals surface area contributed by atoms with Gasteiger partial charge in [0.2, 0.25) is 17.7 Å². The van der Waals surface area contributed by atoms with Crippen LogP contribution >= 0.6 is 0 Å². The number of nitrogens with one attached hydrogen (secondary N) is 1. The summed E-state index contributed by atoms with van der Waals surface area (Å²) >= 11 is 0. The Morgan fingerprint density at radius 3 is 2.53 bits per heavy atom. The van der Waals surface area contributed by atoms with Gasteiger partial charge in [-0.1, -0.05) is 30.3 Å². The Balaban J connectivity index is 1.92. The summed E-state index contributed by atoms with van der Waals surface area (Å²) in [5, 5.41) is 4.56. The number of anilines is 1. The number of alkyl halides is 3. The molecule has 0 bridgehead atoms. The Kier molecular flexibility index (Phi) is 5.40. The summed E-state index contributed by atoms with van der Waals surface area (Å²) in [6, 6.07) is 11.3. The second-order valence-electron chi connectivity index (χ2n) is 8.18. The highest BCUT2D eigenvalue weighted by Gasteiger charge is 2.38. The summed E-state index contributed by atoms with van der Waals surface area (Å²) in [4.78, 5) is 20.0. The molecule has 0 amide bonds. The lowest BCUT2D eigenvalue weighted by Crippen LogP contribution is -2.49. The molecular weight excluding hydrogens is 447 g/mol. The number of halogens is 3. The van der Waals surface area contributed by atoms with E-state index in [0.717, 1.165) is 6.07 Å². The zero-order chi connectivity index (χ0) is 24.0. The fourth-order valence-corrected chi connectivity index (χ4v) is 4.62. The Labute approximate surface area is 193 Å². The van der Waals surface area contributed by atoms with Crippen molar-refractivity contribution in [3.05, 3.63) is 64.8 Å². The number of aryl methyl sites for hydroxylation is 1. The first kappa shape index (κ1) is 22.1. The third kappa shape index (κ3) is 3.54. The van der Waals surface area contributed by atoms with Crippen LogP contribution in [-0.4, -0.2) is 42.8 Å². The molecule has 7 nitrogen and oxygen atoms in total. The molecule has 5 rings (SSSR count). The van der Waals surface area contributed by atoms with Crippen molar-refractivity contribution < 1.29 is 22.5 Å². The smallest absolute Gasteiger partial charge is 0.431 e. The molecule has 0 atom stereocenters. The first-order valence-corrected chi connectivity index (χ1v) is 10.8. The van der Waals surface area contributed by atoms with Crippen LogP contribution in [-0.2, 0) is 13.2 Å². The van der Waals surface area contributed by atoms with E-state index in [1.54, 1.807) is 48.0 Å². The van der Waals surface area contributed by atoms with Crippen molar-refractivity contribution in [1.29, 1.82) is 0 Å². The number of methoxy groups -OCH3 is 1. The topological polar surface area (TPSA) is 63.3 Å². The lowest BCUT2D eigenvalue weighted by molar-refractivity contribution is -0.660. The van der Waals surface area contributed by atoms with Gasteiger partial charge in [-0.2, -0.15) is 13.2 Å². The lowest BCUT2D eigenvalue weighted by Gasteiger charge is -2.26. The van der Waals surface area contributed by atoms with Gasteiger partial charge in [0.1, 0.15) is 11.4 Å². The maximum atomic E-state index is 14.5. The largest absolute Gasteiger partial charge is 0.495 e. The molecule has 1 N–H and O–H groups in total. The Bertz CT molecular complexity index is 1460. The fraction of sp³-hybridized carbons (Fsp3) is 0.292. The highest BCUT2D eigenvalue weighted by atomic mass is 19.4. The number of fused-ring (bicyclic) bond motifs is 2. The van der Waals surface area contributed by atoms with Gasteiger partial charge in [0.15, 0.2) is 0 Å². The second-order valence-corrected chi connectivity index (χ2v) is 8.18. The monoisotopic (exact) mass is 470 g/mol. The van der Waals surface area contributed by atoms with Gasteiger partial charge in [-0.15, -0.1) is 4.98 Å². The molecule has 1 aliphatic rings. The first-order valence-electron chi connectivity index (χ1n) is 10.8. The number of ether oxygens (including phenoxy) is 1. The van der Waals surface area contributed by atoms with Crippen LogP contribution in [0.2, 0.25) is 0 Å². The molecule has 2 aromatic heterocycles. The van der Waals surface area contributed by atoms with E-state index in [4.69, 9.17) is 4.74 Å². The third-order valence-electron chi connectivity index (χ3n) is 6.13. The number of aromatic nitrogens is 3. The quantitative estimate of drug-likeness (QED) is 0.467. The van der Waals surface area contributed by atoms with Crippen LogP contribution in [0.3, 0.4) is 0 Å². The predicted octanol–water partition coefficient (Wildman–Crippen LogP) is 2.80. The third-order valence-corrected chi connectivity index (χ3v) is 6.13. The summed E-state index contributed by atoms with van der Waals surface area (Å²) in [6.07, 6.45) is -3.33. The highest BCUT2D eigenvalue weighted by molar-refractivity contribution is 5.94. The molecule has 0 radical (unpaired) electrons. The van der Waals surface area contributed by atoms with Gasteiger partial charge in [0, 0.05) is 18.5 Å². The summed E-state index contributed by atoms with van der Waals surface area (Å²) in [5.41, 5.74) is -1.92. The maximum absolute atomic E-state index is 14.5. The van der Waals surface area contributed by atoms with Crippen LogP contribution in [0.5, 0.6) is 5.75 Å². The van der Waals surface area contributed by atoms with Crippen LogP contribution in [0.1, 0.15) is 5.69 Å². The van der Waals surface area contributed by atoms with E-state index in [-0.39, 0.29) is 22.3 Å². The number of benzene rings is 2. The average Bonchev–Trinajstić information content (AvgIpc) is 2.83. The standard InChI is InChI=1S/C24H23F3N5O2/c1-30-14-29-20-17(22(30)31-11-9-28-10-12-31)13-19(24(25,26)27)32(23(20)33)21-16-6-4-3-5-15(16)7-8-18(21)34-2/h3-8,13-14,28H,9-12H2,1-2H3/q+1. The zero-order valence-corrected chi connectivity index (χ0v) is 18.7. The van der Waals surface area contributed by atoms with Crippen LogP contribution in [0, 0.1) is 0 Å².